The van der Waals surface area contributed by atoms with E-state index in [9.17, 15) is 22.8 Å². The van der Waals surface area contributed by atoms with Gasteiger partial charge in [0.15, 0.2) is 0 Å². The van der Waals surface area contributed by atoms with Crippen molar-refractivity contribution < 1.29 is 27.9 Å². The maximum atomic E-state index is 13.8. The van der Waals surface area contributed by atoms with Crippen LogP contribution >= 0.6 is 0 Å². The average molecular weight is 467 g/mol. The van der Waals surface area contributed by atoms with Gasteiger partial charge in [0.05, 0.1) is 11.0 Å². The summed E-state index contributed by atoms with van der Waals surface area (Å²) in [6.07, 6.45) is -0.380. The summed E-state index contributed by atoms with van der Waals surface area (Å²) in [5, 5.41) is 9.10. The zero-order valence-electron chi connectivity index (χ0n) is 19.3. The molecule has 1 N–H and O–H groups in total. The number of rotatable bonds is 5. The van der Waals surface area contributed by atoms with Gasteiger partial charge in [0.2, 0.25) is 5.91 Å². The second-order valence-electron chi connectivity index (χ2n) is 10.4. The molecular weight excluding hydrogens is 433 g/mol. The summed E-state index contributed by atoms with van der Waals surface area (Å²) >= 11 is 0. The molecule has 8 heteroatoms. The minimum atomic E-state index is -4.40. The monoisotopic (exact) mass is 466 g/mol. The van der Waals surface area contributed by atoms with E-state index >= 15 is 0 Å². The summed E-state index contributed by atoms with van der Waals surface area (Å²) in [6.45, 7) is 6.51. The molecule has 5 nitrogen and oxygen atoms in total. The molecule has 1 aromatic rings. The van der Waals surface area contributed by atoms with Gasteiger partial charge in [-0.3, -0.25) is 9.59 Å². The molecule has 1 aliphatic carbocycles. The van der Waals surface area contributed by atoms with Crippen molar-refractivity contribution in [1.82, 2.24) is 9.80 Å². The second kappa shape index (κ2) is 8.93. The Hall–Kier alpha value is -2.09. The largest absolute Gasteiger partial charge is 0.481 e. The highest BCUT2D eigenvalue weighted by molar-refractivity contribution is 5.84. The molecule has 0 aromatic heterocycles. The Kier molecular flexibility index (Phi) is 6.51. The average Bonchev–Trinajstić information content (AvgIpc) is 3.39. The lowest BCUT2D eigenvalue weighted by molar-refractivity contribution is -0.146. The Morgan fingerprint density at radius 2 is 1.94 bits per heavy atom. The number of fused-ring (bicyclic) bond motifs is 1. The normalized spacial score (nSPS) is 28.4. The Bertz CT molecular complexity index is 917. The van der Waals surface area contributed by atoms with Crippen LogP contribution in [0.2, 0.25) is 0 Å². The van der Waals surface area contributed by atoms with Gasteiger partial charge in [-0.1, -0.05) is 19.9 Å². The summed E-state index contributed by atoms with van der Waals surface area (Å²) in [5.41, 5.74) is 0.291. The predicted octanol–water partition coefficient (Wildman–Crippen LogP) is 4.58. The molecular formula is C25H33F3N2O3. The molecule has 1 aromatic carbocycles. The van der Waals surface area contributed by atoms with Gasteiger partial charge in [0, 0.05) is 32.1 Å². The van der Waals surface area contributed by atoms with Crippen molar-refractivity contribution in [3.05, 3.63) is 34.9 Å². The number of amides is 1. The van der Waals surface area contributed by atoms with Crippen LogP contribution in [0.4, 0.5) is 13.2 Å². The standard InChI is InChI=1S/C25H33F3N2O3/c1-16(2)24(8-5-21(13-24)29-9-6-17(14-29)11-22(31)32)23(33)30-10-7-18-3-4-20(25(26,27)28)12-19(18)15-30/h3-4,12,16-17,21H,5-11,13-15H2,1-2H3,(H,31,32). The van der Waals surface area contributed by atoms with Crippen LogP contribution in [0.1, 0.15) is 62.6 Å². The first kappa shape index (κ1) is 24.0. The fourth-order valence-electron chi connectivity index (χ4n) is 6.16. The number of hydrogen-bond acceptors (Lipinski definition) is 3. The molecule has 2 fully saturated rings. The number of carbonyl (C=O) groups is 2. The van der Waals surface area contributed by atoms with Gasteiger partial charge < -0.3 is 14.9 Å². The molecule has 0 radical (unpaired) electrons. The quantitative estimate of drug-likeness (QED) is 0.690. The zero-order valence-corrected chi connectivity index (χ0v) is 19.3. The van der Waals surface area contributed by atoms with Crippen molar-refractivity contribution >= 4 is 11.9 Å². The van der Waals surface area contributed by atoms with Crippen molar-refractivity contribution in [3.63, 3.8) is 0 Å². The number of benzene rings is 1. The number of aliphatic carboxylic acids is 1. The van der Waals surface area contributed by atoms with Crippen LogP contribution in [0, 0.1) is 17.3 Å². The zero-order chi connectivity index (χ0) is 24.0. The SMILES string of the molecule is CC(C)C1(C(=O)N2CCc3ccc(C(F)(F)F)cc3C2)CCC(N2CCC(CC(=O)O)C2)C1. The summed E-state index contributed by atoms with van der Waals surface area (Å²) in [5.74, 6) is -0.424. The summed E-state index contributed by atoms with van der Waals surface area (Å²) in [4.78, 5) is 29.0. The van der Waals surface area contributed by atoms with Gasteiger partial charge >= 0.3 is 12.1 Å². The van der Waals surface area contributed by atoms with Crippen LogP contribution in [0.15, 0.2) is 18.2 Å². The third kappa shape index (κ3) is 4.77. The predicted molar refractivity (Wildman–Crippen MR) is 117 cm³/mol. The number of nitrogens with zero attached hydrogens (tertiary/aromatic N) is 2. The second-order valence-corrected chi connectivity index (χ2v) is 10.4. The molecule has 1 saturated carbocycles. The molecule has 1 amide bonds. The number of hydrogen-bond donors (Lipinski definition) is 1. The van der Waals surface area contributed by atoms with Crippen LogP contribution in [0.3, 0.4) is 0 Å². The Morgan fingerprint density at radius 3 is 2.61 bits per heavy atom. The van der Waals surface area contributed by atoms with Crippen molar-refractivity contribution in [1.29, 1.82) is 0 Å². The Morgan fingerprint density at radius 1 is 1.18 bits per heavy atom. The van der Waals surface area contributed by atoms with Crippen molar-refractivity contribution in [2.24, 2.45) is 17.3 Å². The van der Waals surface area contributed by atoms with E-state index in [2.05, 4.69) is 18.7 Å². The van der Waals surface area contributed by atoms with Gasteiger partial charge in [0.25, 0.3) is 0 Å². The molecule has 182 valence electrons. The third-order valence-electron chi connectivity index (χ3n) is 8.18. The fourth-order valence-corrected chi connectivity index (χ4v) is 6.16. The van der Waals surface area contributed by atoms with Crippen molar-refractivity contribution in [2.75, 3.05) is 19.6 Å². The lowest BCUT2D eigenvalue weighted by Crippen LogP contribution is -2.48. The molecule has 33 heavy (non-hydrogen) atoms. The highest BCUT2D eigenvalue weighted by Crippen LogP contribution is 2.48. The maximum absolute atomic E-state index is 13.8. The molecule has 3 aliphatic rings. The molecule has 4 rings (SSSR count). The molecule has 2 heterocycles. The first-order valence-electron chi connectivity index (χ1n) is 11.9. The molecule has 3 atom stereocenters. The maximum Gasteiger partial charge on any atom is 0.416 e. The van der Waals surface area contributed by atoms with Gasteiger partial charge in [-0.2, -0.15) is 13.2 Å². The molecule has 0 bridgehead atoms. The number of carboxylic acid groups (broad SMARTS) is 1. The van der Waals surface area contributed by atoms with E-state index in [1.54, 1.807) is 11.0 Å². The van der Waals surface area contributed by atoms with Gasteiger partial charge in [-0.25, -0.2) is 0 Å². The number of halogens is 3. The van der Waals surface area contributed by atoms with Crippen LogP contribution < -0.4 is 0 Å². The molecule has 3 unspecified atom stereocenters. The van der Waals surface area contributed by atoms with E-state index in [0.717, 1.165) is 50.4 Å². The summed E-state index contributed by atoms with van der Waals surface area (Å²) in [6, 6.07) is 4.12. The molecule has 1 saturated heterocycles. The van der Waals surface area contributed by atoms with E-state index in [1.807, 2.05) is 0 Å². The number of carbonyl (C=O) groups excluding carboxylic acids is 1. The number of alkyl halides is 3. The minimum Gasteiger partial charge on any atom is -0.481 e. The van der Waals surface area contributed by atoms with Crippen molar-refractivity contribution in [3.8, 4) is 0 Å². The summed E-state index contributed by atoms with van der Waals surface area (Å²) in [7, 11) is 0. The highest BCUT2D eigenvalue weighted by Gasteiger charge is 2.51. The van der Waals surface area contributed by atoms with E-state index in [4.69, 9.17) is 5.11 Å². The lowest BCUT2D eigenvalue weighted by atomic mass is 9.73. The van der Waals surface area contributed by atoms with Crippen LogP contribution in [-0.2, 0) is 28.7 Å². The van der Waals surface area contributed by atoms with Gasteiger partial charge in [-0.05, 0) is 73.7 Å². The first-order valence-corrected chi connectivity index (χ1v) is 11.9. The number of likely N-dealkylation sites (tertiary alicyclic amines) is 1. The first-order chi connectivity index (χ1) is 15.5. The summed E-state index contributed by atoms with van der Waals surface area (Å²) < 4.78 is 39.6. The highest BCUT2D eigenvalue weighted by atomic mass is 19.4. The third-order valence-corrected chi connectivity index (χ3v) is 8.18. The molecule has 2 aliphatic heterocycles. The smallest absolute Gasteiger partial charge is 0.416 e. The van der Waals surface area contributed by atoms with Gasteiger partial charge in [-0.15, -0.1) is 0 Å². The fraction of sp³-hybridized carbons (Fsp3) is 0.680. The topological polar surface area (TPSA) is 60.9 Å². The molecule has 0 spiro atoms. The Balaban J connectivity index is 1.48. The Labute approximate surface area is 192 Å². The van der Waals surface area contributed by atoms with E-state index in [1.165, 1.54) is 6.07 Å². The van der Waals surface area contributed by atoms with Gasteiger partial charge in [0.1, 0.15) is 0 Å². The van der Waals surface area contributed by atoms with Crippen LogP contribution in [0.25, 0.3) is 0 Å². The van der Waals surface area contributed by atoms with Crippen LogP contribution in [0.5, 0.6) is 0 Å². The van der Waals surface area contributed by atoms with Crippen molar-refractivity contribution in [2.45, 2.75) is 71.1 Å². The van der Waals surface area contributed by atoms with E-state index < -0.39 is 23.1 Å². The van der Waals surface area contributed by atoms with Crippen LogP contribution in [-0.4, -0.2) is 52.5 Å². The lowest BCUT2D eigenvalue weighted by Gasteiger charge is -2.40. The minimum absolute atomic E-state index is 0.0596. The number of carboxylic acids is 1. The van der Waals surface area contributed by atoms with E-state index in [-0.39, 0.29) is 36.8 Å². The van der Waals surface area contributed by atoms with E-state index in [0.29, 0.717) is 18.5 Å².